The summed E-state index contributed by atoms with van der Waals surface area (Å²) in [5, 5.41) is 3.56. The molecule has 1 aromatic rings. The number of nitrogens with two attached hydrogens (primary N) is 1. The summed E-state index contributed by atoms with van der Waals surface area (Å²) < 4.78 is 0. The molecule has 0 radical (unpaired) electrons. The Kier molecular flexibility index (Phi) is 4.00. The Balaban J connectivity index is 1.77. The van der Waals surface area contributed by atoms with Gasteiger partial charge in [0, 0.05) is 26.2 Å². The second-order valence-electron chi connectivity index (χ2n) is 3.92. The molecule has 0 saturated carbocycles. The lowest BCUT2D eigenvalue weighted by Gasteiger charge is -2.35. The SMILES string of the molecule is NCCCN1CCN(c2cccs2)CC1. The molecule has 3 nitrogen and oxygen atoms in total. The van der Waals surface area contributed by atoms with Crippen molar-refractivity contribution in [3.8, 4) is 0 Å². The minimum absolute atomic E-state index is 0.811. The van der Waals surface area contributed by atoms with Crippen LogP contribution in [0.2, 0.25) is 0 Å². The first-order chi connectivity index (χ1) is 7.40. The maximum Gasteiger partial charge on any atom is 0.0909 e. The van der Waals surface area contributed by atoms with Crippen molar-refractivity contribution in [2.75, 3.05) is 44.2 Å². The van der Waals surface area contributed by atoms with Gasteiger partial charge in [0.05, 0.1) is 5.00 Å². The topological polar surface area (TPSA) is 32.5 Å². The molecule has 1 aromatic heterocycles. The van der Waals surface area contributed by atoms with Crippen LogP contribution >= 0.6 is 11.3 Å². The van der Waals surface area contributed by atoms with Gasteiger partial charge in [-0.1, -0.05) is 0 Å². The maximum atomic E-state index is 5.51. The lowest BCUT2D eigenvalue weighted by atomic mass is 10.3. The van der Waals surface area contributed by atoms with Crippen LogP contribution in [-0.2, 0) is 0 Å². The fraction of sp³-hybridized carbons (Fsp3) is 0.636. The Hall–Kier alpha value is -0.580. The summed E-state index contributed by atoms with van der Waals surface area (Å²) >= 11 is 1.84. The van der Waals surface area contributed by atoms with Crippen LogP contribution in [0.25, 0.3) is 0 Å². The molecule has 2 N–H and O–H groups in total. The predicted octanol–water partition coefficient (Wildman–Crippen LogP) is 1.22. The van der Waals surface area contributed by atoms with Gasteiger partial charge in [0.25, 0.3) is 0 Å². The first kappa shape index (κ1) is 10.9. The lowest BCUT2D eigenvalue weighted by Crippen LogP contribution is -2.46. The summed E-state index contributed by atoms with van der Waals surface area (Å²) in [5.41, 5.74) is 5.51. The number of rotatable bonds is 4. The monoisotopic (exact) mass is 225 g/mol. The number of hydrogen-bond acceptors (Lipinski definition) is 4. The van der Waals surface area contributed by atoms with Crippen LogP contribution in [0.4, 0.5) is 5.00 Å². The van der Waals surface area contributed by atoms with Crippen molar-refractivity contribution in [3.05, 3.63) is 17.5 Å². The van der Waals surface area contributed by atoms with Crippen molar-refractivity contribution in [1.29, 1.82) is 0 Å². The quantitative estimate of drug-likeness (QED) is 0.836. The van der Waals surface area contributed by atoms with E-state index in [2.05, 4.69) is 27.3 Å². The number of hydrogen-bond donors (Lipinski definition) is 1. The van der Waals surface area contributed by atoms with Crippen molar-refractivity contribution < 1.29 is 0 Å². The van der Waals surface area contributed by atoms with Crippen LogP contribution in [0.15, 0.2) is 17.5 Å². The van der Waals surface area contributed by atoms with E-state index < -0.39 is 0 Å². The highest BCUT2D eigenvalue weighted by atomic mass is 32.1. The van der Waals surface area contributed by atoms with Crippen molar-refractivity contribution in [1.82, 2.24) is 4.90 Å². The smallest absolute Gasteiger partial charge is 0.0909 e. The maximum absolute atomic E-state index is 5.51. The van der Waals surface area contributed by atoms with Gasteiger partial charge >= 0.3 is 0 Å². The minimum atomic E-state index is 0.811. The van der Waals surface area contributed by atoms with Gasteiger partial charge in [0.15, 0.2) is 0 Å². The van der Waals surface area contributed by atoms with Crippen molar-refractivity contribution >= 4 is 16.3 Å². The third-order valence-corrected chi connectivity index (χ3v) is 3.80. The van der Waals surface area contributed by atoms with Crippen molar-refractivity contribution in [2.24, 2.45) is 5.73 Å². The number of nitrogens with zero attached hydrogens (tertiary/aromatic N) is 2. The Morgan fingerprint density at radius 1 is 1.27 bits per heavy atom. The molecule has 84 valence electrons. The largest absolute Gasteiger partial charge is 0.361 e. The number of thiophene rings is 1. The highest BCUT2D eigenvalue weighted by Gasteiger charge is 2.16. The van der Waals surface area contributed by atoms with Gasteiger partial charge in [-0.05, 0) is 37.0 Å². The van der Waals surface area contributed by atoms with Crippen LogP contribution in [0.5, 0.6) is 0 Å². The molecule has 1 aliphatic heterocycles. The molecular formula is C11H19N3S. The van der Waals surface area contributed by atoms with E-state index in [1.807, 2.05) is 11.3 Å². The molecule has 2 heterocycles. The molecule has 0 unspecified atom stereocenters. The molecule has 1 fully saturated rings. The highest BCUT2D eigenvalue weighted by Crippen LogP contribution is 2.22. The van der Waals surface area contributed by atoms with E-state index in [0.29, 0.717) is 0 Å². The van der Waals surface area contributed by atoms with Gasteiger partial charge in [-0.2, -0.15) is 0 Å². The standard InChI is InChI=1S/C11H19N3S/c12-4-2-5-13-6-8-14(9-7-13)11-3-1-10-15-11/h1,3,10H,2,4-9,12H2. The zero-order chi connectivity index (χ0) is 10.5. The minimum Gasteiger partial charge on any atom is -0.361 e. The fourth-order valence-electron chi connectivity index (χ4n) is 1.96. The fourth-order valence-corrected chi connectivity index (χ4v) is 2.74. The molecule has 0 aliphatic carbocycles. The van der Waals surface area contributed by atoms with Gasteiger partial charge in [-0.15, -0.1) is 11.3 Å². The van der Waals surface area contributed by atoms with Crippen LogP contribution in [-0.4, -0.2) is 44.2 Å². The van der Waals surface area contributed by atoms with Gasteiger partial charge in [-0.3, -0.25) is 4.90 Å². The first-order valence-electron chi connectivity index (χ1n) is 5.61. The van der Waals surface area contributed by atoms with E-state index >= 15 is 0 Å². The van der Waals surface area contributed by atoms with Gasteiger partial charge in [-0.25, -0.2) is 0 Å². The van der Waals surface area contributed by atoms with E-state index in [-0.39, 0.29) is 0 Å². The normalized spacial score (nSPS) is 18.3. The van der Waals surface area contributed by atoms with Crippen LogP contribution in [0.3, 0.4) is 0 Å². The van der Waals surface area contributed by atoms with Crippen molar-refractivity contribution in [3.63, 3.8) is 0 Å². The van der Waals surface area contributed by atoms with Gasteiger partial charge in [0.1, 0.15) is 0 Å². The average Bonchev–Trinajstić information content (AvgIpc) is 2.80. The molecule has 4 heteroatoms. The summed E-state index contributed by atoms with van der Waals surface area (Å²) in [4.78, 5) is 4.99. The third kappa shape index (κ3) is 2.93. The van der Waals surface area contributed by atoms with Crippen molar-refractivity contribution in [2.45, 2.75) is 6.42 Å². The Labute approximate surface area is 95.5 Å². The number of piperazine rings is 1. The van der Waals surface area contributed by atoms with E-state index in [1.54, 1.807) is 0 Å². The second-order valence-corrected chi connectivity index (χ2v) is 4.85. The molecular weight excluding hydrogens is 206 g/mol. The molecule has 1 aliphatic rings. The second kappa shape index (κ2) is 5.49. The van der Waals surface area contributed by atoms with E-state index in [9.17, 15) is 0 Å². The summed E-state index contributed by atoms with van der Waals surface area (Å²) in [5.74, 6) is 0. The van der Waals surface area contributed by atoms with Crippen LogP contribution < -0.4 is 10.6 Å². The molecule has 0 aromatic carbocycles. The van der Waals surface area contributed by atoms with E-state index in [4.69, 9.17) is 5.73 Å². The molecule has 0 atom stereocenters. The van der Waals surface area contributed by atoms with Crippen LogP contribution in [0, 0.1) is 0 Å². The van der Waals surface area contributed by atoms with Gasteiger partial charge < -0.3 is 10.6 Å². The molecule has 0 amide bonds. The van der Waals surface area contributed by atoms with Crippen LogP contribution in [0.1, 0.15) is 6.42 Å². The summed E-state index contributed by atoms with van der Waals surface area (Å²) in [6.07, 6.45) is 1.12. The molecule has 0 spiro atoms. The Morgan fingerprint density at radius 3 is 2.67 bits per heavy atom. The first-order valence-corrected chi connectivity index (χ1v) is 6.49. The molecule has 2 rings (SSSR count). The Bertz CT molecular complexity index is 265. The summed E-state index contributed by atoms with van der Waals surface area (Å²) in [6, 6.07) is 4.33. The molecule has 15 heavy (non-hydrogen) atoms. The zero-order valence-electron chi connectivity index (χ0n) is 9.06. The molecule has 1 saturated heterocycles. The van der Waals surface area contributed by atoms with Gasteiger partial charge in [0.2, 0.25) is 0 Å². The Morgan fingerprint density at radius 2 is 2.07 bits per heavy atom. The number of anilines is 1. The lowest BCUT2D eigenvalue weighted by molar-refractivity contribution is 0.257. The van der Waals surface area contributed by atoms with E-state index in [1.165, 1.54) is 18.1 Å². The predicted molar refractivity (Wildman–Crippen MR) is 66.6 cm³/mol. The van der Waals surface area contributed by atoms with E-state index in [0.717, 1.165) is 32.6 Å². The average molecular weight is 225 g/mol. The highest BCUT2D eigenvalue weighted by molar-refractivity contribution is 7.14. The summed E-state index contributed by atoms with van der Waals surface area (Å²) in [6.45, 7) is 6.64. The summed E-state index contributed by atoms with van der Waals surface area (Å²) in [7, 11) is 0. The molecule has 0 bridgehead atoms. The zero-order valence-corrected chi connectivity index (χ0v) is 9.88. The third-order valence-electron chi connectivity index (χ3n) is 2.87.